The number of amides is 1. The molecule has 3 rings (SSSR count). The minimum atomic E-state index is -0.346. The molecule has 0 radical (unpaired) electrons. The predicted octanol–water partition coefficient (Wildman–Crippen LogP) is 3.18. The summed E-state index contributed by atoms with van der Waals surface area (Å²) in [6, 6.07) is 14.1. The van der Waals surface area contributed by atoms with Crippen LogP contribution in [0.25, 0.3) is 11.0 Å². The van der Waals surface area contributed by atoms with Crippen molar-refractivity contribution in [2.45, 2.75) is 20.0 Å². The largest absolute Gasteiger partial charge is 0.465 e. The molecule has 1 N–H and O–H groups in total. The second kappa shape index (κ2) is 8.01. The number of aromatic nitrogens is 2. The van der Waals surface area contributed by atoms with Crippen molar-refractivity contribution in [3.63, 3.8) is 0 Å². The number of benzene rings is 2. The van der Waals surface area contributed by atoms with E-state index < -0.39 is 0 Å². The van der Waals surface area contributed by atoms with Gasteiger partial charge in [0, 0.05) is 10.6 Å². The van der Waals surface area contributed by atoms with E-state index in [4.69, 9.17) is 16.3 Å². The Morgan fingerprint density at radius 2 is 1.88 bits per heavy atom. The summed E-state index contributed by atoms with van der Waals surface area (Å²) in [5, 5.41) is 3.39. The smallest absolute Gasteiger partial charge is 0.326 e. The first-order chi connectivity index (χ1) is 12.6. The quantitative estimate of drug-likeness (QED) is 0.675. The van der Waals surface area contributed by atoms with E-state index in [1.807, 2.05) is 24.3 Å². The van der Waals surface area contributed by atoms with Crippen LogP contribution in [0.15, 0.2) is 48.5 Å². The van der Waals surface area contributed by atoms with Crippen molar-refractivity contribution in [1.29, 1.82) is 0 Å². The summed E-state index contributed by atoms with van der Waals surface area (Å²) in [6.45, 7) is 2.31. The fourth-order valence-corrected chi connectivity index (χ4v) is 2.76. The molecule has 0 unspecified atom stereocenters. The molecule has 7 heteroatoms. The lowest BCUT2D eigenvalue weighted by atomic mass is 10.2. The van der Waals surface area contributed by atoms with Crippen molar-refractivity contribution in [2.75, 3.05) is 6.61 Å². The maximum Gasteiger partial charge on any atom is 0.326 e. The lowest BCUT2D eigenvalue weighted by Crippen LogP contribution is -2.25. The first-order valence-corrected chi connectivity index (χ1v) is 8.60. The molecule has 0 spiro atoms. The van der Waals surface area contributed by atoms with E-state index in [0.29, 0.717) is 23.0 Å². The number of hydrogen-bond acceptors (Lipinski definition) is 4. The zero-order valence-corrected chi connectivity index (χ0v) is 15.0. The van der Waals surface area contributed by atoms with E-state index in [1.165, 1.54) is 0 Å². The maximum atomic E-state index is 12.3. The fraction of sp³-hybridized carbons (Fsp3) is 0.211. The van der Waals surface area contributed by atoms with Gasteiger partial charge in [-0.1, -0.05) is 23.7 Å². The highest BCUT2D eigenvalue weighted by atomic mass is 35.5. The third-order valence-electron chi connectivity index (χ3n) is 3.84. The predicted molar refractivity (Wildman–Crippen MR) is 99.0 cm³/mol. The minimum Gasteiger partial charge on any atom is -0.465 e. The van der Waals surface area contributed by atoms with Gasteiger partial charge in [0.2, 0.25) is 0 Å². The van der Waals surface area contributed by atoms with Gasteiger partial charge in [0.25, 0.3) is 5.91 Å². The first kappa shape index (κ1) is 17.9. The monoisotopic (exact) mass is 371 g/mol. The Labute approximate surface area is 155 Å². The van der Waals surface area contributed by atoms with Gasteiger partial charge in [0.05, 0.1) is 24.2 Å². The van der Waals surface area contributed by atoms with E-state index in [1.54, 1.807) is 35.8 Å². The summed E-state index contributed by atoms with van der Waals surface area (Å²) in [5.41, 5.74) is 2.08. The van der Waals surface area contributed by atoms with Gasteiger partial charge in [-0.05, 0) is 43.3 Å². The summed E-state index contributed by atoms with van der Waals surface area (Å²) in [4.78, 5) is 28.7. The summed E-state index contributed by atoms with van der Waals surface area (Å²) < 4.78 is 6.80. The van der Waals surface area contributed by atoms with Crippen LogP contribution in [0.1, 0.15) is 23.1 Å². The highest BCUT2D eigenvalue weighted by Gasteiger charge is 2.15. The van der Waals surface area contributed by atoms with Gasteiger partial charge >= 0.3 is 5.97 Å². The van der Waals surface area contributed by atoms with Crippen LogP contribution in [0.3, 0.4) is 0 Å². The van der Waals surface area contributed by atoms with Crippen LogP contribution in [-0.2, 0) is 22.6 Å². The highest BCUT2D eigenvalue weighted by molar-refractivity contribution is 6.30. The molecule has 3 aromatic rings. The number of rotatable bonds is 6. The van der Waals surface area contributed by atoms with E-state index >= 15 is 0 Å². The summed E-state index contributed by atoms with van der Waals surface area (Å²) in [5.74, 6) is -0.00101. The van der Waals surface area contributed by atoms with Gasteiger partial charge in [0.1, 0.15) is 12.4 Å². The molecular weight excluding hydrogens is 354 g/mol. The average molecular weight is 372 g/mol. The highest BCUT2D eigenvalue weighted by Crippen LogP contribution is 2.16. The zero-order valence-electron chi connectivity index (χ0n) is 14.2. The molecule has 0 bridgehead atoms. The molecule has 1 amide bonds. The molecule has 2 aromatic carbocycles. The Morgan fingerprint density at radius 3 is 2.62 bits per heavy atom. The third kappa shape index (κ3) is 4.03. The Kier molecular flexibility index (Phi) is 5.53. The molecule has 1 aromatic heterocycles. The molecule has 1 heterocycles. The molecule has 0 aliphatic carbocycles. The summed E-state index contributed by atoms with van der Waals surface area (Å²) in [6.07, 6.45) is 0. The Bertz CT molecular complexity index is 935. The number of imidazole rings is 1. The molecule has 0 atom stereocenters. The number of halogens is 1. The molecular formula is C19H18ClN3O3. The number of fused-ring (bicyclic) bond motifs is 1. The molecule has 0 saturated carbocycles. The lowest BCUT2D eigenvalue weighted by molar-refractivity contribution is -0.143. The molecule has 134 valence electrons. The van der Waals surface area contributed by atoms with E-state index in [0.717, 1.165) is 11.0 Å². The molecule has 26 heavy (non-hydrogen) atoms. The van der Waals surface area contributed by atoms with Gasteiger partial charge in [-0.3, -0.25) is 9.59 Å². The Balaban J connectivity index is 1.81. The number of nitrogens with zero attached hydrogens (tertiary/aromatic N) is 2. The van der Waals surface area contributed by atoms with Crippen molar-refractivity contribution >= 4 is 34.5 Å². The molecule has 0 fully saturated rings. The SMILES string of the molecule is CCOC(=O)Cn1c(CNC(=O)c2ccc(Cl)cc2)nc2ccccc21. The van der Waals surface area contributed by atoms with E-state index in [2.05, 4.69) is 10.3 Å². The number of ether oxygens (including phenoxy) is 1. The molecule has 0 aliphatic rings. The molecule has 0 saturated heterocycles. The van der Waals surface area contributed by atoms with Crippen molar-refractivity contribution in [3.8, 4) is 0 Å². The number of carbonyl (C=O) groups excluding carboxylic acids is 2. The topological polar surface area (TPSA) is 73.2 Å². The minimum absolute atomic E-state index is 0.0422. The van der Waals surface area contributed by atoms with Crippen molar-refractivity contribution < 1.29 is 14.3 Å². The summed E-state index contributed by atoms with van der Waals surface area (Å²) >= 11 is 5.84. The number of para-hydroxylation sites is 2. The van der Waals surface area contributed by atoms with Crippen LogP contribution in [0.4, 0.5) is 0 Å². The van der Waals surface area contributed by atoms with Crippen LogP contribution in [0.5, 0.6) is 0 Å². The van der Waals surface area contributed by atoms with E-state index in [-0.39, 0.29) is 25.0 Å². The third-order valence-corrected chi connectivity index (χ3v) is 4.09. The van der Waals surface area contributed by atoms with Crippen LogP contribution >= 0.6 is 11.6 Å². The van der Waals surface area contributed by atoms with Gasteiger partial charge in [0.15, 0.2) is 0 Å². The average Bonchev–Trinajstić information content (AvgIpc) is 2.98. The number of carbonyl (C=O) groups is 2. The molecule has 6 nitrogen and oxygen atoms in total. The second-order valence-electron chi connectivity index (χ2n) is 5.60. The lowest BCUT2D eigenvalue weighted by Gasteiger charge is -2.10. The van der Waals surface area contributed by atoms with Crippen molar-refractivity contribution in [2.24, 2.45) is 0 Å². The second-order valence-corrected chi connectivity index (χ2v) is 6.03. The number of hydrogen-bond donors (Lipinski definition) is 1. The first-order valence-electron chi connectivity index (χ1n) is 8.22. The van der Waals surface area contributed by atoms with Crippen LogP contribution in [0, 0.1) is 0 Å². The van der Waals surface area contributed by atoms with E-state index in [9.17, 15) is 9.59 Å². The standard InChI is InChI=1S/C19H18ClN3O3/c1-2-26-18(24)12-23-16-6-4-3-5-15(16)22-17(23)11-21-19(25)13-7-9-14(20)10-8-13/h3-10H,2,11-12H2,1H3,(H,21,25). The number of nitrogens with one attached hydrogen (secondary N) is 1. The maximum absolute atomic E-state index is 12.3. The summed E-state index contributed by atoms with van der Waals surface area (Å²) in [7, 11) is 0. The Morgan fingerprint density at radius 1 is 1.15 bits per heavy atom. The van der Waals surface area contributed by atoms with Gasteiger partial charge in [-0.15, -0.1) is 0 Å². The van der Waals surface area contributed by atoms with Crippen molar-refractivity contribution in [1.82, 2.24) is 14.9 Å². The van der Waals surface area contributed by atoms with Crippen LogP contribution in [-0.4, -0.2) is 28.0 Å². The fourth-order valence-electron chi connectivity index (χ4n) is 2.64. The normalized spacial score (nSPS) is 10.7. The van der Waals surface area contributed by atoms with Crippen LogP contribution < -0.4 is 5.32 Å². The number of esters is 1. The van der Waals surface area contributed by atoms with Gasteiger partial charge in [-0.2, -0.15) is 0 Å². The van der Waals surface area contributed by atoms with Crippen LogP contribution in [0.2, 0.25) is 5.02 Å². The van der Waals surface area contributed by atoms with Gasteiger partial charge < -0.3 is 14.6 Å². The van der Waals surface area contributed by atoms with Gasteiger partial charge in [-0.25, -0.2) is 4.98 Å². The Hall–Kier alpha value is -2.86. The molecule has 0 aliphatic heterocycles. The van der Waals surface area contributed by atoms with Crippen molar-refractivity contribution in [3.05, 3.63) is 64.9 Å². The zero-order chi connectivity index (χ0) is 18.5.